The zero-order valence-corrected chi connectivity index (χ0v) is 19.7. The van der Waals surface area contributed by atoms with Gasteiger partial charge in [-0.1, -0.05) is 17.7 Å². The van der Waals surface area contributed by atoms with E-state index < -0.39 is 34.4 Å². The Labute approximate surface area is 202 Å². The number of primary amides is 1. The van der Waals surface area contributed by atoms with E-state index in [1.54, 1.807) is 24.3 Å². The van der Waals surface area contributed by atoms with E-state index in [4.69, 9.17) is 15.2 Å². The first-order valence-corrected chi connectivity index (χ1v) is 11.7. The molecule has 0 saturated heterocycles. The topological polar surface area (TPSA) is 154 Å². The van der Waals surface area contributed by atoms with Crippen molar-refractivity contribution in [3.8, 4) is 5.75 Å². The molecule has 3 rings (SSSR count). The molecule has 0 aliphatic rings. The average Bonchev–Trinajstić information content (AvgIpc) is 2.83. The van der Waals surface area contributed by atoms with Crippen LogP contribution in [0.25, 0.3) is 0 Å². The lowest BCUT2D eigenvalue weighted by atomic mass is 10.2. The number of esters is 1. The number of methoxy groups -OCH3 is 1. The van der Waals surface area contributed by atoms with E-state index in [0.29, 0.717) is 11.4 Å². The van der Waals surface area contributed by atoms with Gasteiger partial charge in [-0.3, -0.25) is 14.3 Å². The second-order valence-electron chi connectivity index (χ2n) is 7.40. The number of nitrogens with two attached hydrogens (primary N) is 1. The van der Waals surface area contributed by atoms with Crippen LogP contribution in [0.1, 0.15) is 26.3 Å². The number of benzene rings is 3. The van der Waals surface area contributed by atoms with Gasteiger partial charge in [-0.25, -0.2) is 13.2 Å². The van der Waals surface area contributed by atoms with E-state index in [1.807, 2.05) is 6.92 Å². The molecule has 0 radical (unpaired) electrons. The minimum atomic E-state index is -4.10. The molecule has 182 valence electrons. The second-order valence-corrected chi connectivity index (χ2v) is 9.05. The van der Waals surface area contributed by atoms with Crippen LogP contribution < -0.4 is 20.5 Å². The maximum Gasteiger partial charge on any atom is 0.338 e. The molecule has 0 fully saturated rings. The minimum absolute atomic E-state index is 0.0262. The first-order chi connectivity index (χ1) is 16.6. The number of amides is 2. The van der Waals surface area contributed by atoms with Crippen LogP contribution in [0.3, 0.4) is 0 Å². The van der Waals surface area contributed by atoms with Crippen LogP contribution in [-0.4, -0.2) is 39.9 Å². The maximum atomic E-state index is 12.9. The molecule has 2 amide bonds. The molecule has 11 heteroatoms. The molecule has 3 aromatic rings. The van der Waals surface area contributed by atoms with Crippen molar-refractivity contribution in [1.29, 1.82) is 0 Å². The van der Waals surface area contributed by atoms with E-state index in [9.17, 15) is 22.8 Å². The van der Waals surface area contributed by atoms with Gasteiger partial charge in [0, 0.05) is 16.9 Å². The number of carbonyl (C=O) groups excluding carboxylic acids is 3. The zero-order valence-electron chi connectivity index (χ0n) is 18.9. The zero-order chi connectivity index (χ0) is 25.6. The quantitative estimate of drug-likeness (QED) is 0.384. The molecule has 0 saturated carbocycles. The van der Waals surface area contributed by atoms with Crippen LogP contribution in [0.15, 0.2) is 71.6 Å². The van der Waals surface area contributed by atoms with Crippen LogP contribution >= 0.6 is 0 Å². The number of aryl methyl sites for hydroxylation is 1. The number of ether oxygens (including phenoxy) is 2. The van der Waals surface area contributed by atoms with Crippen molar-refractivity contribution in [2.45, 2.75) is 11.8 Å². The van der Waals surface area contributed by atoms with Gasteiger partial charge in [0.05, 0.1) is 12.7 Å². The van der Waals surface area contributed by atoms with Crippen LogP contribution in [0, 0.1) is 6.92 Å². The van der Waals surface area contributed by atoms with Crippen molar-refractivity contribution < 1.29 is 32.3 Å². The Morgan fingerprint density at radius 3 is 2.09 bits per heavy atom. The third kappa shape index (κ3) is 6.58. The van der Waals surface area contributed by atoms with Gasteiger partial charge in [0.2, 0.25) is 5.91 Å². The fourth-order valence-corrected chi connectivity index (χ4v) is 4.23. The molecule has 0 unspecified atom stereocenters. The summed E-state index contributed by atoms with van der Waals surface area (Å²) in [5, 5.41) is 2.51. The summed E-state index contributed by atoms with van der Waals surface area (Å²) in [6, 6.07) is 16.3. The summed E-state index contributed by atoms with van der Waals surface area (Å²) in [6.07, 6.45) is 0. The Morgan fingerprint density at radius 1 is 0.886 bits per heavy atom. The van der Waals surface area contributed by atoms with Gasteiger partial charge in [0.1, 0.15) is 10.6 Å². The van der Waals surface area contributed by atoms with Gasteiger partial charge in [-0.05, 0) is 61.5 Å². The summed E-state index contributed by atoms with van der Waals surface area (Å²) < 4.78 is 38.5. The predicted octanol–water partition coefficient (Wildman–Crippen LogP) is 2.70. The summed E-state index contributed by atoms with van der Waals surface area (Å²) >= 11 is 0. The van der Waals surface area contributed by atoms with Crippen molar-refractivity contribution in [1.82, 2.24) is 0 Å². The van der Waals surface area contributed by atoms with Crippen molar-refractivity contribution >= 4 is 39.2 Å². The molecule has 0 heterocycles. The first-order valence-electron chi connectivity index (χ1n) is 10.2. The van der Waals surface area contributed by atoms with E-state index >= 15 is 0 Å². The fourth-order valence-electron chi connectivity index (χ4n) is 2.97. The highest BCUT2D eigenvalue weighted by Crippen LogP contribution is 2.27. The number of anilines is 2. The molecular formula is C24H23N3O7S. The lowest BCUT2D eigenvalue weighted by Gasteiger charge is -2.13. The number of nitrogens with one attached hydrogen (secondary N) is 2. The van der Waals surface area contributed by atoms with E-state index in [2.05, 4.69) is 10.0 Å². The smallest absolute Gasteiger partial charge is 0.338 e. The predicted molar refractivity (Wildman–Crippen MR) is 129 cm³/mol. The monoisotopic (exact) mass is 497 g/mol. The van der Waals surface area contributed by atoms with Crippen LogP contribution in [0.5, 0.6) is 5.75 Å². The summed E-state index contributed by atoms with van der Waals surface area (Å²) in [5.41, 5.74) is 7.02. The number of hydrogen-bond acceptors (Lipinski definition) is 7. The van der Waals surface area contributed by atoms with Gasteiger partial charge in [0.15, 0.2) is 6.61 Å². The standard InChI is InChI=1S/C24H23N3O7S/c1-15-3-8-19(9-4-15)27-35(31,32)21-13-17(7-12-20(21)33-2)24(30)34-14-22(28)26-18-10-5-16(6-11-18)23(25)29/h3-13,27H,14H2,1-2H3,(H2,25,29)(H,26,28). The molecule has 3 aromatic carbocycles. The lowest BCUT2D eigenvalue weighted by Crippen LogP contribution is -2.21. The summed E-state index contributed by atoms with van der Waals surface area (Å²) in [7, 11) is -2.80. The Bertz CT molecular complexity index is 1350. The highest BCUT2D eigenvalue weighted by molar-refractivity contribution is 7.92. The van der Waals surface area contributed by atoms with E-state index in [1.165, 1.54) is 43.5 Å². The highest BCUT2D eigenvalue weighted by Gasteiger charge is 2.23. The Balaban J connectivity index is 1.69. The molecule has 0 aliphatic heterocycles. The number of rotatable bonds is 9. The molecule has 0 atom stereocenters. The molecule has 4 N–H and O–H groups in total. The summed E-state index contributed by atoms with van der Waals surface area (Å²) in [6.45, 7) is 1.25. The molecule has 0 bridgehead atoms. The molecule has 10 nitrogen and oxygen atoms in total. The molecule has 0 spiro atoms. The van der Waals surface area contributed by atoms with Gasteiger partial charge in [0.25, 0.3) is 15.9 Å². The van der Waals surface area contributed by atoms with Crippen molar-refractivity contribution in [3.05, 3.63) is 83.4 Å². The number of hydrogen-bond donors (Lipinski definition) is 3. The SMILES string of the molecule is COc1ccc(C(=O)OCC(=O)Nc2ccc(C(N)=O)cc2)cc1S(=O)(=O)Nc1ccc(C)cc1. The molecule has 35 heavy (non-hydrogen) atoms. The van der Waals surface area contributed by atoms with Gasteiger partial charge in [-0.15, -0.1) is 0 Å². The normalized spacial score (nSPS) is 10.8. The fraction of sp³-hybridized carbons (Fsp3) is 0.125. The average molecular weight is 498 g/mol. The molecule has 0 aliphatic carbocycles. The summed E-state index contributed by atoms with van der Waals surface area (Å²) in [4.78, 5) is 35.4. The van der Waals surface area contributed by atoms with Crippen molar-refractivity contribution in [2.24, 2.45) is 5.73 Å². The molecular weight excluding hydrogens is 474 g/mol. The van der Waals surface area contributed by atoms with Crippen molar-refractivity contribution in [3.63, 3.8) is 0 Å². The maximum absolute atomic E-state index is 12.9. The van der Waals surface area contributed by atoms with E-state index in [0.717, 1.165) is 11.6 Å². The van der Waals surface area contributed by atoms with Crippen LogP contribution in [0.2, 0.25) is 0 Å². The van der Waals surface area contributed by atoms with Gasteiger partial charge >= 0.3 is 5.97 Å². The van der Waals surface area contributed by atoms with Crippen LogP contribution in [0.4, 0.5) is 11.4 Å². The Hall–Kier alpha value is -4.38. The summed E-state index contributed by atoms with van der Waals surface area (Å²) in [5.74, 6) is -2.11. The Morgan fingerprint density at radius 2 is 1.49 bits per heavy atom. The van der Waals surface area contributed by atoms with Gasteiger partial charge < -0.3 is 20.5 Å². The minimum Gasteiger partial charge on any atom is -0.495 e. The number of carbonyl (C=O) groups is 3. The van der Waals surface area contributed by atoms with Gasteiger partial charge in [-0.2, -0.15) is 0 Å². The van der Waals surface area contributed by atoms with E-state index in [-0.39, 0.29) is 21.8 Å². The second kappa shape index (κ2) is 10.7. The third-order valence-electron chi connectivity index (χ3n) is 4.78. The largest absolute Gasteiger partial charge is 0.495 e. The third-order valence-corrected chi connectivity index (χ3v) is 6.18. The first kappa shape index (κ1) is 25.2. The van der Waals surface area contributed by atoms with Crippen molar-refractivity contribution in [2.75, 3.05) is 23.8 Å². The lowest BCUT2D eigenvalue weighted by molar-refractivity contribution is -0.119. The molecule has 0 aromatic heterocycles. The number of sulfonamides is 1. The van der Waals surface area contributed by atoms with Crippen LogP contribution in [-0.2, 0) is 19.6 Å². The Kier molecular flexibility index (Phi) is 7.72. The highest BCUT2D eigenvalue weighted by atomic mass is 32.2.